The van der Waals surface area contributed by atoms with Crippen molar-refractivity contribution in [1.29, 1.82) is 0 Å². The lowest BCUT2D eigenvalue weighted by Crippen LogP contribution is -2.19. The summed E-state index contributed by atoms with van der Waals surface area (Å²) in [5.41, 5.74) is 0. The predicted octanol–water partition coefficient (Wildman–Crippen LogP) is 6.16. The minimum absolute atomic E-state index is 1.07. The third kappa shape index (κ3) is 16.9. The molecule has 0 bridgehead atoms. The highest BCUT2D eigenvalue weighted by Gasteiger charge is 1.99. The van der Waals surface area contributed by atoms with Gasteiger partial charge in [0.1, 0.15) is 0 Å². The number of unbranched alkanes of at least 4 members (excludes halogenated alkanes) is 10. The van der Waals surface area contributed by atoms with E-state index in [4.69, 9.17) is 0 Å². The summed E-state index contributed by atoms with van der Waals surface area (Å²) in [7, 11) is 0. The quantitative estimate of drug-likeness (QED) is 0.258. The molecule has 0 heterocycles. The van der Waals surface area contributed by atoms with Crippen molar-refractivity contribution in [1.82, 2.24) is 4.90 Å². The molecule has 0 radical (unpaired) electrons. The fourth-order valence-electron chi connectivity index (χ4n) is 2.66. The van der Waals surface area contributed by atoms with Crippen LogP contribution in [-0.2, 0) is 0 Å². The van der Waals surface area contributed by atoms with E-state index in [0.29, 0.717) is 0 Å². The van der Waals surface area contributed by atoms with Gasteiger partial charge in [0.25, 0.3) is 0 Å². The van der Waals surface area contributed by atoms with Crippen LogP contribution in [0.25, 0.3) is 0 Å². The summed E-state index contributed by atoms with van der Waals surface area (Å²) in [6.45, 7) is 10.1. The minimum Gasteiger partial charge on any atom is -0.378 e. The maximum atomic E-state index is 3.95. The standard InChI is InChI=1S/C22H37N/c1-4-7-9-11-13-15-17-19-21-23(6-3)22-20-18-16-14-12-10-8-5-2/h6H,3,9-22H2,1-2H3. The zero-order chi connectivity index (χ0) is 17.0. The van der Waals surface area contributed by atoms with Gasteiger partial charge in [-0.2, -0.15) is 0 Å². The van der Waals surface area contributed by atoms with Crippen molar-refractivity contribution >= 4 is 0 Å². The Kier molecular flexibility index (Phi) is 17.6. The second-order valence-corrected chi connectivity index (χ2v) is 6.11. The summed E-state index contributed by atoms with van der Waals surface area (Å²) in [4.78, 5) is 2.39. The molecule has 0 aliphatic heterocycles. The number of hydrogen-bond acceptors (Lipinski definition) is 1. The van der Waals surface area contributed by atoms with Gasteiger partial charge in [-0.1, -0.05) is 45.1 Å². The fraction of sp³-hybridized carbons (Fsp3) is 0.727. The van der Waals surface area contributed by atoms with Gasteiger partial charge in [-0.3, -0.25) is 0 Å². The van der Waals surface area contributed by atoms with Crippen LogP contribution < -0.4 is 0 Å². The van der Waals surface area contributed by atoms with Crippen molar-refractivity contribution in [3.63, 3.8) is 0 Å². The van der Waals surface area contributed by atoms with E-state index >= 15 is 0 Å². The molecule has 1 heteroatoms. The first kappa shape index (κ1) is 21.7. The monoisotopic (exact) mass is 315 g/mol. The smallest absolute Gasteiger partial charge is 0.0172 e. The number of hydrogen-bond donors (Lipinski definition) is 0. The van der Waals surface area contributed by atoms with Crippen molar-refractivity contribution in [2.45, 2.75) is 90.9 Å². The van der Waals surface area contributed by atoms with Gasteiger partial charge < -0.3 is 4.90 Å². The maximum Gasteiger partial charge on any atom is 0.0172 e. The number of nitrogens with zero attached hydrogens (tertiary/aromatic N) is 1. The Hall–Kier alpha value is -1.34. The van der Waals surface area contributed by atoms with Crippen LogP contribution in [0.3, 0.4) is 0 Å². The second-order valence-electron chi connectivity index (χ2n) is 6.11. The minimum atomic E-state index is 1.07. The Labute approximate surface area is 145 Å². The Balaban J connectivity index is 3.39. The van der Waals surface area contributed by atoms with Gasteiger partial charge in [-0.25, -0.2) is 0 Å². The first-order chi connectivity index (χ1) is 11.3. The maximum absolute atomic E-state index is 3.95. The molecule has 0 N–H and O–H groups in total. The summed E-state index contributed by atoms with van der Waals surface area (Å²) >= 11 is 0. The van der Waals surface area contributed by atoms with Crippen LogP contribution in [0.2, 0.25) is 0 Å². The molecule has 0 atom stereocenters. The molecule has 0 aromatic rings. The summed E-state index contributed by atoms with van der Waals surface area (Å²) in [6, 6.07) is 0. The second kappa shape index (κ2) is 18.7. The van der Waals surface area contributed by atoms with Crippen molar-refractivity contribution in [3.05, 3.63) is 12.8 Å². The summed E-state index contributed by atoms with van der Waals surface area (Å²) < 4.78 is 0. The van der Waals surface area contributed by atoms with E-state index < -0.39 is 0 Å². The lowest BCUT2D eigenvalue weighted by Gasteiger charge is -2.19. The van der Waals surface area contributed by atoms with Crippen LogP contribution in [0.1, 0.15) is 90.9 Å². The van der Waals surface area contributed by atoms with Crippen LogP contribution in [0.15, 0.2) is 12.8 Å². The van der Waals surface area contributed by atoms with E-state index in [1.54, 1.807) is 0 Å². The average molecular weight is 316 g/mol. The third-order valence-corrected chi connectivity index (χ3v) is 4.11. The van der Waals surface area contributed by atoms with E-state index in [9.17, 15) is 0 Å². The molecule has 1 nitrogen and oxygen atoms in total. The Morgan fingerprint density at radius 3 is 1.43 bits per heavy atom. The largest absolute Gasteiger partial charge is 0.378 e. The van der Waals surface area contributed by atoms with E-state index in [-0.39, 0.29) is 0 Å². The normalized spacial score (nSPS) is 9.48. The Bertz CT molecular complexity index is 340. The Morgan fingerprint density at radius 2 is 1.04 bits per heavy atom. The van der Waals surface area contributed by atoms with E-state index in [2.05, 4.69) is 35.2 Å². The highest BCUT2D eigenvalue weighted by Crippen LogP contribution is 2.09. The topological polar surface area (TPSA) is 3.24 Å². The molecule has 0 aliphatic rings. The highest BCUT2D eigenvalue weighted by atomic mass is 15.1. The van der Waals surface area contributed by atoms with E-state index in [0.717, 1.165) is 12.8 Å². The molecule has 0 fully saturated rings. The lowest BCUT2D eigenvalue weighted by atomic mass is 10.1. The van der Waals surface area contributed by atoms with Crippen molar-refractivity contribution in [2.75, 3.05) is 13.1 Å². The molecule has 0 saturated carbocycles. The van der Waals surface area contributed by atoms with Gasteiger partial charge in [-0.05, 0) is 45.7 Å². The highest BCUT2D eigenvalue weighted by molar-refractivity contribution is 4.94. The fourth-order valence-corrected chi connectivity index (χ4v) is 2.66. The molecule has 0 unspecified atom stereocenters. The predicted molar refractivity (Wildman–Crippen MR) is 104 cm³/mol. The molecular formula is C22H37N. The van der Waals surface area contributed by atoms with Crippen molar-refractivity contribution in [2.24, 2.45) is 0 Å². The zero-order valence-electron chi connectivity index (χ0n) is 15.6. The third-order valence-electron chi connectivity index (χ3n) is 4.11. The van der Waals surface area contributed by atoms with Crippen LogP contribution in [0.5, 0.6) is 0 Å². The van der Waals surface area contributed by atoms with Gasteiger partial charge in [0.2, 0.25) is 0 Å². The molecule has 0 aromatic heterocycles. The zero-order valence-corrected chi connectivity index (χ0v) is 15.6. The lowest BCUT2D eigenvalue weighted by molar-refractivity contribution is 0.350. The van der Waals surface area contributed by atoms with Crippen molar-refractivity contribution < 1.29 is 0 Å². The van der Waals surface area contributed by atoms with Gasteiger partial charge in [-0.15, -0.1) is 23.7 Å². The molecule has 0 spiro atoms. The first-order valence-electron chi connectivity index (χ1n) is 9.51. The molecule has 0 rings (SSSR count). The molecule has 130 valence electrons. The van der Waals surface area contributed by atoms with Crippen molar-refractivity contribution in [3.8, 4) is 23.7 Å². The Morgan fingerprint density at radius 1 is 0.652 bits per heavy atom. The molecule has 0 aliphatic carbocycles. The summed E-state index contributed by atoms with van der Waals surface area (Å²) in [6.07, 6.45) is 17.3. The molecule has 0 aromatic carbocycles. The summed E-state index contributed by atoms with van der Waals surface area (Å²) in [5.74, 6) is 12.2. The molecule has 23 heavy (non-hydrogen) atoms. The van der Waals surface area contributed by atoms with Gasteiger partial charge in [0, 0.05) is 25.9 Å². The van der Waals surface area contributed by atoms with E-state index in [1.807, 2.05) is 20.0 Å². The summed E-state index contributed by atoms with van der Waals surface area (Å²) in [5, 5.41) is 0. The first-order valence-corrected chi connectivity index (χ1v) is 9.51. The van der Waals surface area contributed by atoms with Gasteiger partial charge in [0.05, 0.1) is 0 Å². The van der Waals surface area contributed by atoms with Gasteiger partial charge >= 0.3 is 0 Å². The van der Waals surface area contributed by atoms with Gasteiger partial charge in [0.15, 0.2) is 0 Å². The molecule has 0 saturated heterocycles. The molecular weight excluding hydrogens is 278 g/mol. The van der Waals surface area contributed by atoms with Crippen LogP contribution >= 0.6 is 0 Å². The van der Waals surface area contributed by atoms with Crippen LogP contribution in [0.4, 0.5) is 0 Å². The van der Waals surface area contributed by atoms with E-state index in [1.165, 1.54) is 77.3 Å². The van der Waals surface area contributed by atoms with Crippen LogP contribution in [-0.4, -0.2) is 18.0 Å². The average Bonchev–Trinajstić information content (AvgIpc) is 2.57. The SMILES string of the molecule is C=CN(CCCCCCCC#CC)CCCCCCCC#CC. The molecule has 0 amide bonds. The van der Waals surface area contributed by atoms with Crippen LogP contribution in [0, 0.1) is 23.7 Å². The number of rotatable bonds is 15.